The van der Waals surface area contributed by atoms with Gasteiger partial charge in [-0.3, -0.25) is 0 Å². The Hall–Kier alpha value is -5.07. The van der Waals surface area contributed by atoms with E-state index in [4.69, 9.17) is 35.5 Å². The quantitative estimate of drug-likeness (QED) is 0.142. The monoisotopic (exact) mass is 631 g/mol. The second kappa shape index (κ2) is 24.3. The molecule has 0 atom stereocenters. The summed E-state index contributed by atoms with van der Waals surface area (Å²) in [5.41, 5.74) is 1.09. The van der Waals surface area contributed by atoms with Crippen molar-refractivity contribution in [3.8, 4) is 52.7 Å². The van der Waals surface area contributed by atoms with Crippen LogP contribution in [0.3, 0.4) is 0 Å². The molecule has 0 saturated heterocycles. The normalized spacial score (nSPS) is 9.59. The standard InChI is InChI=1S/2C14H19NO2.C7H5NO2.C2H6/c2*1-11(2)5-3-4-6-17-14-8-12(10-15)7-13(16)9-14;8-4-5-1-6(9)3-7(10)2-5;1-2/h2*7-9,11,16H,3-6H2,1-2H3;1-3,9-10H;1-2H3. The van der Waals surface area contributed by atoms with Crippen LogP contribution in [0.2, 0.25) is 0 Å². The van der Waals surface area contributed by atoms with E-state index in [1.165, 1.54) is 55.3 Å². The van der Waals surface area contributed by atoms with Gasteiger partial charge in [-0.1, -0.05) is 54.4 Å². The SMILES string of the molecule is CC.CC(C)CCCCOc1cc(O)cc(C#N)c1.CC(C)CCCCOc1cc(O)cc(C#N)c1.N#Cc1cc(O)cc(O)c1. The van der Waals surface area contributed by atoms with E-state index in [0.29, 0.717) is 35.8 Å². The molecule has 0 aliphatic carbocycles. The average molecular weight is 632 g/mol. The molecule has 0 fully saturated rings. The second-order valence-electron chi connectivity index (χ2n) is 11.0. The molecule has 0 spiro atoms. The molecule has 0 aliphatic heterocycles. The van der Waals surface area contributed by atoms with Gasteiger partial charge in [0.2, 0.25) is 0 Å². The largest absolute Gasteiger partial charge is 0.508 e. The lowest BCUT2D eigenvalue weighted by molar-refractivity contribution is 0.299. The van der Waals surface area contributed by atoms with Crippen LogP contribution in [0.15, 0.2) is 54.6 Å². The van der Waals surface area contributed by atoms with Crippen LogP contribution < -0.4 is 9.47 Å². The minimum Gasteiger partial charge on any atom is -0.508 e. The van der Waals surface area contributed by atoms with Gasteiger partial charge in [-0.25, -0.2) is 0 Å². The summed E-state index contributed by atoms with van der Waals surface area (Å²) in [7, 11) is 0. The molecule has 3 aromatic carbocycles. The Morgan fingerprint density at radius 2 is 0.804 bits per heavy atom. The Labute approximate surface area is 274 Å². The van der Waals surface area contributed by atoms with Gasteiger partial charge in [0, 0.05) is 18.2 Å². The number of phenolic OH excluding ortho intramolecular Hbond substituents is 4. The van der Waals surface area contributed by atoms with E-state index < -0.39 is 0 Å². The molecule has 0 saturated carbocycles. The number of hydrogen-bond acceptors (Lipinski definition) is 9. The van der Waals surface area contributed by atoms with Crippen molar-refractivity contribution < 1.29 is 29.9 Å². The van der Waals surface area contributed by atoms with Crippen LogP contribution in [0.5, 0.6) is 34.5 Å². The predicted octanol–water partition coefficient (Wildman–Crippen LogP) is 8.93. The van der Waals surface area contributed by atoms with Gasteiger partial charge in [-0.2, -0.15) is 15.8 Å². The van der Waals surface area contributed by atoms with Gasteiger partial charge in [-0.15, -0.1) is 0 Å². The molecular weight excluding hydrogens is 582 g/mol. The Kier molecular flexibility index (Phi) is 21.6. The summed E-state index contributed by atoms with van der Waals surface area (Å²) in [6.07, 6.45) is 6.67. The van der Waals surface area contributed by atoms with Crippen LogP contribution in [-0.4, -0.2) is 33.6 Å². The maximum Gasteiger partial charge on any atom is 0.124 e. The van der Waals surface area contributed by atoms with Gasteiger partial charge in [-0.05, 0) is 73.9 Å². The molecule has 0 radical (unpaired) electrons. The molecule has 248 valence electrons. The van der Waals surface area contributed by atoms with Crippen LogP contribution in [0, 0.1) is 45.8 Å². The first-order valence-corrected chi connectivity index (χ1v) is 15.6. The van der Waals surface area contributed by atoms with Crippen molar-refractivity contribution in [1.29, 1.82) is 15.8 Å². The number of ether oxygens (including phenoxy) is 2. The lowest BCUT2D eigenvalue weighted by Gasteiger charge is -2.08. The second-order valence-corrected chi connectivity index (χ2v) is 11.0. The lowest BCUT2D eigenvalue weighted by Crippen LogP contribution is -1.98. The van der Waals surface area contributed by atoms with Crippen LogP contribution in [0.1, 0.15) is 96.8 Å². The molecule has 0 aromatic heterocycles. The number of phenols is 4. The maximum atomic E-state index is 9.37. The Balaban J connectivity index is 0.000000663. The summed E-state index contributed by atoms with van der Waals surface area (Å²) in [4.78, 5) is 0. The molecule has 0 amide bonds. The smallest absolute Gasteiger partial charge is 0.124 e. The zero-order chi connectivity index (χ0) is 34.9. The average Bonchev–Trinajstić information content (AvgIpc) is 3.01. The summed E-state index contributed by atoms with van der Waals surface area (Å²) in [6.45, 7) is 14.1. The van der Waals surface area contributed by atoms with Crippen molar-refractivity contribution in [2.24, 2.45) is 11.8 Å². The topological polar surface area (TPSA) is 171 Å². The summed E-state index contributed by atoms with van der Waals surface area (Å²) in [6, 6.07) is 18.7. The van der Waals surface area contributed by atoms with E-state index in [1.54, 1.807) is 18.2 Å². The highest BCUT2D eigenvalue weighted by atomic mass is 16.5. The third kappa shape index (κ3) is 20.0. The first-order valence-electron chi connectivity index (χ1n) is 15.6. The van der Waals surface area contributed by atoms with E-state index in [-0.39, 0.29) is 28.6 Å². The molecule has 4 N–H and O–H groups in total. The van der Waals surface area contributed by atoms with Crippen molar-refractivity contribution in [3.05, 3.63) is 71.3 Å². The number of hydrogen-bond donors (Lipinski definition) is 4. The fraction of sp³-hybridized carbons (Fsp3) is 0.432. The fourth-order valence-electron chi connectivity index (χ4n) is 3.81. The number of aromatic hydroxyl groups is 4. The lowest BCUT2D eigenvalue weighted by atomic mass is 10.1. The van der Waals surface area contributed by atoms with E-state index in [9.17, 15) is 10.2 Å². The highest BCUT2D eigenvalue weighted by Gasteiger charge is 2.03. The van der Waals surface area contributed by atoms with Crippen molar-refractivity contribution in [2.75, 3.05) is 13.2 Å². The third-order valence-corrected chi connectivity index (χ3v) is 5.96. The van der Waals surface area contributed by atoms with Crippen LogP contribution in [0.25, 0.3) is 0 Å². The molecular formula is C37H49N3O6. The van der Waals surface area contributed by atoms with Gasteiger partial charge in [0.25, 0.3) is 0 Å². The molecule has 0 heterocycles. The Morgan fingerprint density at radius 1 is 0.500 bits per heavy atom. The van der Waals surface area contributed by atoms with Crippen LogP contribution >= 0.6 is 0 Å². The number of nitriles is 3. The summed E-state index contributed by atoms with van der Waals surface area (Å²) < 4.78 is 11.0. The highest BCUT2D eigenvalue weighted by Crippen LogP contribution is 2.23. The zero-order valence-electron chi connectivity index (χ0n) is 28.0. The third-order valence-electron chi connectivity index (χ3n) is 5.96. The van der Waals surface area contributed by atoms with Gasteiger partial charge in [0.05, 0.1) is 48.1 Å². The molecule has 3 rings (SSSR count). The van der Waals surface area contributed by atoms with E-state index in [1.807, 2.05) is 26.0 Å². The maximum absolute atomic E-state index is 9.37. The molecule has 9 heteroatoms. The van der Waals surface area contributed by atoms with Gasteiger partial charge in [0.1, 0.15) is 34.5 Å². The number of unbranched alkanes of at least 4 members (excludes halogenated alkanes) is 2. The molecule has 0 aliphatic rings. The molecule has 3 aromatic rings. The van der Waals surface area contributed by atoms with Crippen molar-refractivity contribution in [3.63, 3.8) is 0 Å². The minimum absolute atomic E-state index is 0.0706. The van der Waals surface area contributed by atoms with E-state index in [2.05, 4.69) is 27.7 Å². The molecule has 0 bridgehead atoms. The van der Waals surface area contributed by atoms with Crippen LogP contribution in [0.4, 0.5) is 0 Å². The van der Waals surface area contributed by atoms with Crippen LogP contribution in [-0.2, 0) is 0 Å². The van der Waals surface area contributed by atoms with Crippen molar-refractivity contribution >= 4 is 0 Å². The summed E-state index contributed by atoms with van der Waals surface area (Å²) >= 11 is 0. The highest BCUT2D eigenvalue weighted by molar-refractivity contribution is 5.44. The number of nitrogens with zero attached hydrogens (tertiary/aromatic N) is 3. The predicted molar refractivity (Wildman–Crippen MR) is 180 cm³/mol. The molecule has 9 nitrogen and oxygen atoms in total. The molecule has 0 unspecified atom stereocenters. The number of rotatable bonds is 12. The van der Waals surface area contributed by atoms with Gasteiger partial charge in [0.15, 0.2) is 0 Å². The zero-order valence-corrected chi connectivity index (χ0v) is 28.0. The first-order chi connectivity index (χ1) is 21.9. The minimum atomic E-state index is -0.100. The van der Waals surface area contributed by atoms with Crippen molar-refractivity contribution in [2.45, 2.75) is 80.1 Å². The summed E-state index contributed by atoms with van der Waals surface area (Å²) in [5.74, 6) is 2.51. The Bertz CT molecular complexity index is 1320. The van der Waals surface area contributed by atoms with E-state index in [0.717, 1.165) is 37.5 Å². The Morgan fingerprint density at radius 3 is 1.11 bits per heavy atom. The van der Waals surface area contributed by atoms with E-state index >= 15 is 0 Å². The van der Waals surface area contributed by atoms with Gasteiger partial charge >= 0.3 is 0 Å². The van der Waals surface area contributed by atoms with Crippen molar-refractivity contribution in [1.82, 2.24) is 0 Å². The number of benzene rings is 3. The fourth-order valence-corrected chi connectivity index (χ4v) is 3.81. The first kappa shape index (κ1) is 40.9. The van der Waals surface area contributed by atoms with Gasteiger partial charge < -0.3 is 29.9 Å². The summed E-state index contributed by atoms with van der Waals surface area (Å²) in [5, 5.41) is 62.2. The molecule has 46 heavy (non-hydrogen) atoms.